The Hall–Kier alpha value is -2.73. The van der Waals surface area contributed by atoms with E-state index in [4.69, 9.17) is 4.42 Å². The van der Waals surface area contributed by atoms with Gasteiger partial charge in [0.15, 0.2) is 5.58 Å². The molecule has 24 heavy (non-hydrogen) atoms. The molecule has 124 valence electrons. The van der Waals surface area contributed by atoms with Crippen LogP contribution in [0, 0.1) is 0 Å². The summed E-state index contributed by atoms with van der Waals surface area (Å²) < 4.78 is 6.14. The summed E-state index contributed by atoms with van der Waals surface area (Å²) in [5.41, 5.74) is -0.0673. The fraction of sp³-hybridized carbons (Fsp3) is 0.278. The Kier molecular flexibility index (Phi) is 4.07. The lowest BCUT2D eigenvalue weighted by atomic mass is 9.76. The highest BCUT2D eigenvalue weighted by Crippen LogP contribution is 2.31. The molecule has 0 radical (unpaired) electrons. The van der Waals surface area contributed by atoms with E-state index < -0.39 is 23.2 Å². The summed E-state index contributed by atoms with van der Waals surface area (Å²) in [4.78, 5) is 29.6. The lowest BCUT2D eigenvalue weighted by molar-refractivity contribution is 0.0499. The van der Waals surface area contributed by atoms with Crippen LogP contribution < -0.4 is 5.76 Å². The zero-order chi connectivity index (χ0) is 17.3. The summed E-state index contributed by atoms with van der Waals surface area (Å²) in [7, 11) is 0. The standard InChI is InChI=1S/C18H18N2O4/c1-3-15(21)18(2,12-7-6-10-19-11-12)16(22)20-13-8-4-5-9-14(13)24-17(20)23/h4-11,15,21H,3H2,1-2H3. The first-order valence-electron chi connectivity index (χ1n) is 7.74. The Bertz CT molecular complexity index is 929. The number of aromatic nitrogens is 2. The molecule has 0 bridgehead atoms. The topological polar surface area (TPSA) is 85.3 Å². The average Bonchev–Trinajstić information content (AvgIpc) is 2.96. The van der Waals surface area contributed by atoms with Gasteiger partial charge in [0.2, 0.25) is 5.91 Å². The fourth-order valence-corrected chi connectivity index (χ4v) is 2.93. The molecule has 1 aromatic carbocycles. The molecule has 0 fully saturated rings. The van der Waals surface area contributed by atoms with E-state index in [1.165, 1.54) is 6.20 Å². The van der Waals surface area contributed by atoms with Crippen molar-refractivity contribution < 1.29 is 14.3 Å². The van der Waals surface area contributed by atoms with Crippen LogP contribution >= 0.6 is 0 Å². The number of oxazole rings is 1. The molecular weight excluding hydrogens is 308 g/mol. The van der Waals surface area contributed by atoms with Gasteiger partial charge in [0.05, 0.1) is 17.0 Å². The van der Waals surface area contributed by atoms with E-state index >= 15 is 0 Å². The first-order valence-corrected chi connectivity index (χ1v) is 7.74. The number of carbonyl (C=O) groups is 1. The second-order valence-electron chi connectivity index (χ2n) is 5.84. The number of pyridine rings is 1. The molecule has 0 saturated carbocycles. The molecule has 2 aromatic heterocycles. The molecule has 6 nitrogen and oxygen atoms in total. The molecule has 2 heterocycles. The highest BCUT2D eigenvalue weighted by molar-refractivity contribution is 5.96. The van der Waals surface area contributed by atoms with Crippen LogP contribution in [0.2, 0.25) is 0 Å². The van der Waals surface area contributed by atoms with E-state index in [1.54, 1.807) is 56.4 Å². The first kappa shape index (κ1) is 16.1. The molecule has 0 saturated heterocycles. The minimum absolute atomic E-state index is 0.329. The van der Waals surface area contributed by atoms with Gasteiger partial charge >= 0.3 is 5.76 Å². The lowest BCUT2D eigenvalue weighted by Gasteiger charge is -2.32. The van der Waals surface area contributed by atoms with Crippen molar-refractivity contribution >= 4 is 17.0 Å². The monoisotopic (exact) mass is 326 g/mol. The number of carbonyl (C=O) groups excluding carboxylic acids is 1. The van der Waals surface area contributed by atoms with Crippen LogP contribution in [0.25, 0.3) is 11.1 Å². The Morgan fingerprint density at radius 1 is 1.33 bits per heavy atom. The molecule has 3 rings (SSSR count). The first-order chi connectivity index (χ1) is 11.5. The average molecular weight is 326 g/mol. The molecule has 0 amide bonds. The number of fused-ring (bicyclic) bond motifs is 1. The summed E-state index contributed by atoms with van der Waals surface area (Å²) in [5.74, 6) is -1.31. The fourth-order valence-electron chi connectivity index (χ4n) is 2.93. The van der Waals surface area contributed by atoms with Gasteiger partial charge in [-0.25, -0.2) is 9.36 Å². The number of hydrogen-bond acceptors (Lipinski definition) is 5. The Balaban J connectivity index is 2.23. The maximum Gasteiger partial charge on any atom is 0.426 e. The molecule has 1 N–H and O–H groups in total. The number of hydrogen-bond donors (Lipinski definition) is 1. The van der Waals surface area contributed by atoms with Crippen LogP contribution in [-0.4, -0.2) is 26.7 Å². The van der Waals surface area contributed by atoms with Crippen LogP contribution in [0.3, 0.4) is 0 Å². The predicted molar refractivity (Wildman–Crippen MR) is 89.0 cm³/mol. The third kappa shape index (κ3) is 2.35. The van der Waals surface area contributed by atoms with Gasteiger partial charge < -0.3 is 9.52 Å². The van der Waals surface area contributed by atoms with Crippen molar-refractivity contribution in [1.82, 2.24) is 9.55 Å². The SMILES string of the molecule is CCC(O)C(C)(C(=O)n1c(=O)oc2ccccc21)c1cccnc1. The van der Waals surface area contributed by atoms with Gasteiger partial charge in [-0.05, 0) is 37.1 Å². The molecule has 2 atom stereocenters. The van der Waals surface area contributed by atoms with Crippen LogP contribution in [-0.2, 0) is 5.41 Å². The molecule has 0 aliphatic heterocycles. The minimum atomic E-state index is -1.32. The zero-order valence-electron chi connectivity index (χ0n) is 13.5. The Morgan fingerprint density at radius 3 is 2.75 bits per heavy atom. The van der Waals surface area contributed by atoms with Crippen molar-refractivity contribution in [2.45, 2.75) is 31.8 Å². The lowest BCUT2D eigenvalue weighted by Crippen LogP contribution is -2.48. The van der Waals surface area contributed by atoms with Crippen molar-refractivity contribution in [3.05, 3.63) is 64.9 Å². The number of para-hydroxylation sites is 2. The minimum Gasteiger partial charge on any atom is -0.407 e. The second-order valence-corrected chi connectivity index (χ2v) is 5.84. The van der Waals surface area contributed by atoms with E-state index in [9.17, 15) is 14.7 Å². The van der Waals surface area contributed by atoms with E-state index in [2.05, 4.69) is 4.98 Å². The number of aliphatic hydroxyl groups is 1. The quantitative estimate of drug-likeness (QED) is 0.795. The van der Waals surface area contributed by atoms with Gasteiger partial charge in [-0.2, -0.15) is 0 Å². The molecule has 6 heteroatoms. The van der Waals surface area contributed by atoms with Crippen LogP contribution in [0.4, 0.5) is 0 Å². The van der Waals surface area contributed by atoms with Crippen molar-refractivity contribution in [2.24, 2.45) is 0 Å². The van der Waals surface area contributed by atoms with E-state index in [0.717, 1.165) is 4.57 Å². The summed E-state index contributed by atoms with van der Waals surface area (Å²) in [6, 6.07) is 10.1. The normalized spacial score (nSPS) is 15.1. The smallest absolute Gasteiger partial charge is 0.407 e. The number of rotatable bonds is 4. The summed E-state index contributed by atoms with van der Waals surface area (Å²) >= 11 is 0. The summed E-state index contributed by atoms with van der Waals surface area (Å²) in [6.07, 6.45) is 2.49. The molecule has 0 aliphatic rings. The maximum atomic E-state index is 13.3. The van der Waals surface area contributed by atoms with Crippen LogP contribution in [0.1, 0.15) is 30.6 Å². The molecule has 0 aliphatic carbocycles. The van der Waals surface area contributed by atoms with Gasteiger partial charge in [-0.3, -0.25) is 9.78 Å². The second kappa shape index (κ2) is 6.05. The number of benzene rings is 1. The number of aliphatic hydroxyl groups excluding tert-OH is 1. The molecular formula is C18H18N2O4. The highest BCUT2D eigenvalue weighted by atomic mass is 16.4. The summed E-state index contributed by atoms with van der Waals surface area (Å²) in [6.45, 7) is 3.40. The zero-order valence-corrected chi connectivity index (χ0v) is 13.5. The molecule has 0 spiro atoms. The van der Waals surface area contributed by atoms with E-state index in [0.29, 0.717) is 23.1 Å². The number of nitrogens with zero attached hydrogens (tertiary/aromatic N) is 2. The third-order valence-corrected chi connectivity index (χ3v) is 4.45. The van der Waals surface area contributed by atoms with E-state index in [-0.39, 0.29) is 0 Å². The molecule has 2 unspecified atom stereocenters. The highest BCUT2D eigenvalue weighted by Gasteiger charge is 2.44. The maximum absolute atomic E-state index is 13.3. The molecule has 3 aromatic rings. The summed E-state index contributed by atoms with van der Waals surface area (Å²) in [5, 5.41) is 10.6. The van der Waals surface area contributed by atoms with Gasteiger partial charge in [-0.15, -0.1) is 0 Å². The van der Waals surface area contributed by atoms with Crippen molar-refractivity contribution in [3.8, 4) is 0 Å². The van der Waals surface area contributed by atoms with Gasteiger partial charge in [-0.1, -0.05) is 25.1 Å². The van der Waals surface area contributed by atoms with E-state index in [1.807, 2.05) is 0 Å². The largest absolute Gasteiger partial charge is 0.426 e. The van der Waals surface area contributed by atoms with Gasteiger partial charge in [0.25, 0.3) is 0 Å². The van der Waals surface area contributed by atoms with Crippen LogP contribution in [0.5, 0.6) is 0 Å². The van der Waals surface area contributed by atoms with Crippen LogP contribution in [0.15, 0.2) is 58.0 Å². The van der Waals surface area contributed by atoms with Crippen molar-refractivity contribution in [3.63, 3.8) is 0 Å². The van der Waals surface area contributed by atoms with Gasteiger partial charge in [0, 0.05) is 12.4 Å². The third-order valence-electron chi connectivity index (χ3n) is 4.45. The Labute approximate surface area is 138 Å². The van der Waals surface area contributed by atoms with Crippen molar-refractivity contribution in [1.29, 1.82) is 0 Å². The Morgan fingerprint density at radius 2 is 2.08 bits per heavy atom. The van der Waals surface area contributed by atoms with Crippen molar-refractivity contribution in [2.75, 3.05) is 0 Å². The van der Waals surface area contributed by atoms with Gasteiger partial charge in [0.1, 0.15) is 0 Å². The predicted octanol–water partition coefficient (Wildman–Crippen LogP) is 2.36.